The molecule has 0 aliphatic carbocycles. The van der Waals surface area contributed by atoms with Gasteiger partial charge >= 0.3 is 6.18 Å². The highest BCUT2D eigenvalue weighted by molar-refractivity contribution is 7.89. The Balaban J connectivity index is 3.18. The van der Waals surface area contributed by atoms with Crippen LogP contribution in [0, 0.1) is 0 Å². The fourth-order valence-corrected chi connectivity index (χ4v) is 3.01. The molecular weight excluding hydrogens is 321 g/mol. The fraction of sp³-hybridized carbons (Fsp3) is 0.300. The lowest BCUT2D eigenvalue weighted by molar-refractivity contribution is -0.137. The van der Waals surface area contributed by atoms with Crippen molar-refractivity contribution in [3.8, 4) is 0 Å². The minimum absolute atomic E-state index is 0.491. The van der Waals surface area contributed by atoms with Gasteiger partial charge in [-0.1, -0.05) is 11.6 Å². The number of halogens is 4. The molecule has 0 aliphatic heterocycles. The van der Waals surface area contributed by atoms with Crippen molar-refractivity contribution in [2.75, 3.05) is 0 Å². The second kappa shape index (κ2) is 5.58. The van der Waals surface area contributed by atoms with Crippen molar-refractivity contribution in [3.63, 3.8) is 0 Å². The van der Waals surface area contributed by atoms with Crippen molar-refractivity contribution in [1.82, 2.24) is 4.72 Å². The van der Waals surface area contributed by atoms with Crippen LogP contribution in [0.4, 0.5) is 13.2 Å². The molecule has 1 amide bonds. The molecule has 112 valence electrons. The Bertz CT molecular complexity index is 631. The van der Waals surface area contributed by atoms with E-state index in [9.17, 15) is 26.4 Å². The fourth-order valence-electron chi connectivity index (χ4n) is 1.25. The van der Waals surface area contributed by atoms with E-state index in [1.54, 1.807) is 0 Å². The number of alkyl halides is 3. The Labute approximate surface area is 118 Å². The predicted molar refractivity (Wildman–Crippen MR) is 65.4 cm³/mol. The number of sulfonamides is 1. The molecule has 1 aromatic rings. The minimum Gasteiger partial charge on any atom is -0.368 e. The van der Waals surface area contributed by atoms with Crippen LogP contribution in [0.2, 0.25) is 5.02 Å². The van der Waals surface area contributed by atoms with Gasteiger partial charge in [-0.25, -0.2) is 8.42 Å². The van der Waals surface area contributed by atoms with Crippen LogP contribution in [0.1, 0.15) is 12.5 Å². The van der Waals surface area contributed by atoms with E-state index in [0.717, 1.165) is 0 Å². The molecule has 0 aliphatic rings. The summed E-state index contributed by atoms with van der Waals surface area (Å²) in [6, 6.07) is 0.556. The second-order valence-electron chi connectivity index (χ2n) is 3.89. The summed E-state index contributed by atoms with van der Waals surface area (Å²) in [6.45, 7) is 1.19. The lowest BCUT2D eigenvalue weighted by Gasteiger charge is -2.13. The summed E-state index contributed by atoms with van der Waals surface area (Å²) in [7, 11) is -4.25. The van der Waals surface area contributed by atoms with E-state index in [1.807, 2.05) is 4.72 Å². The molecular formula is C10H10ClF3N2O3S. The van der Waals surface area contributed by atoms with E-state index in [4.69, 9.17) is 17.3 Å². The molecule has 5 nitrogen and oxygen atoms in total. The molecule has 0 bridgehead atoms. The number of hydrogen-bond acceptors (Lipinski definition) is 3. The Morgan fingerprint density at radius 1 is 1.40 bits per heavy atom. The molecule has 10 heteroatoms. The molecule has 1 aromatic carbocycles. The van der Waals surface area contributed by atoms with Gasteiger partial charge in [-0.2, -0.15) is 17.9 Å². The summed E-state index contributed by atoms with van der Waals surface area (Å²) < 4.78 is 62.9. The lowest BCUT2D eigenvalue weighted by atomic mass is 10.2. The minimum atomic E-state index is -4.64. The van der Waals surface area contributed by atoms with Gasteiger partial charge in [0.05, 0.1) is 16.6 Å². The first-order valence-corrected chi connectivity index (χ1v) is 6.99. The van der Waals surface area contributed by atoms with Crippen LogP contribution < -0.4 is 10.5 Å². The average Bonchev–Trinajstić information content (AvgIpc) is 2.26. The van der Waals surface area contributed by atoms with Gasteiger partial charge in [0.2, 0.25) is 15.9 Å². The topological polar surface area (TPSA) is 89.3 Å². The number of nitrogens with one attached hydrogen (secondary N) is 1. The molecule has 1 rings (SSSR count). The van der Waals surface area contributed by atoms with Gasteiger partial charge in [-0.3, -0.25) is 4.79 Å². The maximum Gasteiger partial charge on any atom is 0.416 e. The number of carbonyl (C=O) groups excluding carboxylic acids is 1. The number of benzene rings is 1. The number of rotatable bonds is 4. The molecule has 0 aromatic heterocycles. The summed E-state index contributed by atoms with van der Waals surface area (Å²) in [6.07, 6.45) is -4.64. The SMILES string of the molecule is C[C@H](NS(=O)(=O)c1ccc(C(F)(F)F)cc1Cl)C(N)=O. The number of hydrogen-bond donors (Lipinski definition) is 2. The highest BCUT2D eigenvalue weighted by Gasteiger charge is 2.32. The van der Waals surface area contributed by atoms with Crippen LogP contribution >= 0.6 is 11.6 Å². The van der Waals surface area contributed by atoms with E-state index in [1.165, 1.54) is 6.92 Å². The third kappa shape index (κ3) is 3.84. The van der Waals surface area contributed by atoms with Crippen LogP contribution in [0.15, 0.2) is 23.1 Å². The average molecular weight is 331 g/mol. The molecule has 1 atom stereocenters. The Morgan fingerprint density at radius 2 is 1.95 bits per heavy atom. The molecule has 0 fully saturated rings. The molecule has 0 unspecified atom stereocenters. The van der Waals surface area contributed by atoms with Crippen molar-refractivity contribution >= 4 is 27.5 Å². The Morgan fingerprint density at radius 3 is 2.35 bits per heavy atom. The van der Waals surface area contributed by atoms with Crippen molar-refractivity contribution in [1.29, 1.82) is 0 Å². The van der Waals surface area contributed by atoms with Crippen LogP contribution in [-0.2, 0) is 21.0 Å². The lowest BCUT2D eigenvalue weighted by Crippen LogP contribution is -2.42. The Hall–Kier alpha value is -1.32. The van der Waals surface area contributed by atoms with Crippen LogP contribution in [-0.4, -0.2) is 20.4 Å². The summed E-state index contributed by atoms with van der Waals surface area (Å²) in [5.74, 6) is -0.934. The molecule has 20 heavy (non-hydrogen) atoms. The largest absolute Gasteiger partial charge is 0.416 e. The quantitative estimate of drug-likeness (QED) is 0.877. The van der Waals surface area contributed by atoms with Crippen LogP contribution in [0.5, 0.6) is 0 Å². The third-order valence-corrected chi connectivity index (χ3v) is 4.33. The highest BCUT2D eigenvalue weighted by atomic mass is 35.5. The molecule has 0 heterocycles. The number of primary amides is 1. The van der Waals surface area contributed by atoms with Gasteiger partial charge in [0.25, 0.3) is 0 Å². The standard InChI is InChI=1S/C10H10ClF3N2O3S/c1-5(9(15)17)16-20(18,19)8-3-2-6(4-7(8)11)10(12,13)14/h2-5,16H,1H3,(H2,15,17)/t5-/m0/s1. The summed E-state index contributed by atoms with van der Waals surface area (Å²) >= 11 is 5.55. The zero-order valence-electron chi connectivity index (χ0n) is 10.0. The van der Waals surface area contributed by atoms with Crippen molar-refractivity contribution in [3.05, 3.63) is 28.8 Å². The van der Waals surface area contributed by atoms with Crippen molar-refractivity contribution < 1.29 is 26.4 Å². The van der Waals surface area contributed by atoms with E-state index in [-0.39, 0.29) is 0 Å². The normalized spacial score (nSPS) is 14.1. The monoisotopic (exact) mass is 330 g/mol. The molecule has 3 N–H and O–H groups in total. The first-order chi connectivity index (χ1) is 8.95. The van der Waals surface area contributed by atoms with Gasteiger partial charge in [0, 0.05) is 0 Å². The number of nitrogens with two attached hydrogens (primary N) is 1. The zero-order chi connectivity index (χ0) is 15.7. The number of amides is 1. The molecule has 0 radical (unpaired) electrons. The van der Waals surface area contributed by atoms with E-state index in [2.05, 4.69) is 0 Å². The molecule has 0 saturated heterocycles. The first kappa shape index (κ1) is 16.7. The van der Waals surface area contributed by atoms with Crippen molar-refractivity contribution in [2.24, 2.45) is 5.73 Å². The van der Waals surface area contributed by atoms with Crippen LogP contribution in [0.3, 0.4) is 0 Å². The highest BCUT2D eigenvalue weighted by Crippen LogP contribution is 2.33. The second-order valence-corrected chi connectivity index (χ2v) is 5.98. The maximum atomic E-state index is 12.4. The van der Waals surface area contributed by atoms with E-state index in [0.29, 0.717) is 18.2 Å². The van der Waals surface area contributed by atoms with Gasteiger partial charge in [0.1, 0.15) is 4.90 Å². The summed E-state index contributed by atoms with van der Waals surface area (Å²) in [5.41, 5.74) is 3.81. The first-order valence-electron chi connectivity index (χ1n) is 5.13. The van der Waals surface area contributed by atoms with Gasteiger partial charge in [-0.15, -0.1) is 0 Å². The van der Waals surface area contributed by atoms with Gasteiger partial charge in [0.15, 0.2) is 0 Å². The maximum absolute atomic E-state index is 12.4. The van der Waals surface area contributed by atoms with E-state index < -0.39 is 43.6 Å². The zero-order valence-corrected chi connectivity index (χ0v) is 11.6. The van der Waals surface area contributed by atoms with Crippen LogP contribution in [0.25, 0.3) is 0 Å². The molecule has 0 saturated carbocycles. The predicted octanol–water partition coefficient (Wildman–Crippen LogP) is 1.51. The Kier molecular flexibility index (Phi) is 4.67. The van der Waals surface area contributed by atoms with Gasteiger partial charge in [-0.05, 0) is 25.1 Å². The molecule has 0 spiro atoms. The van der Waals surface area contributed by atoms with Crippen molar-refractivity contribution in [2.45, 2.75) is 24.0 Å². The number of carbonyl (C=O) groups is 1. The smallest absolute Gasteiger partial charge is 0.368 e. The third-order valence-electron chi connectivity index (χ3n) is 2.31. The summed E-state index contributed by atoms with van der Waals surface area (Å²) in [5, 5.41) is -0.607. The summed E-state index contributed by atoms with van der Waals surface area (Å²) in [4.78, 5) is 10.2. The van der Waals surface area contributed by atoms with E-state index >= 15 is 0 Å². The van der Waals surface area contributed by atoms with Gasteiger partial charge < -0.3 is 5.73 Å².